The molecule has 1 heterocycles. The molecule has 0 aliphatic carbocycles. The molecular weight excluding hydrogens is 389 g/mol. The van der Waals surface area contributed by atoms with Gasteiger partial charge in [-0.05, 0) is 29.7 Å². The quantitative estimate of drug-likeness (QED) is 0.567. The summed E-state index contributed by atoms with van der Waals surface area (Å²) in [5.74, 6) is -0.802. The number of alkyl halides is 3. The van der Waals surface area contributed by atoms with Crippen LogP contribution < -0.4 is 10.9 Å². The number of aromatic nitrogens is 1. The number of aromatic amines is 1. The Morgan fingerprint density at radius 1 is 1.21 bits per heavy atom. The summed E-state index contributed by atoms with van der Waals surface area (Å²) in [6.45, 7) is -0.132. The molecule has 0 spiro atoms. The highest BCUT2D eigenvalue weighted by Crippen LogP contribution is 2.36. The first-order valence-electron chi connectivity index (χ1n) is 8.54. The molecule has 3 rings (SSSR count). The minimum absolute atomic E-state index is 0.0530. The van der Waals surface area contributed by atoms with E-state index in [0.717, 1.165) is 13.2 Å². The van der Waals surface area contributed by atoms with Gasteiger partial charge >= 0.3 is 12.1 Å². The van der Waals surface area contributed by atoms with Gasteiger partial charge in [-0.2, -0.15) is 13.2 Å². The summed E-state index contributed by atoms with van der Waals surface area (Å²) in [6.07, 6.45) is -5.94. The highest BCUT2D eigenvalue weighted by molar-refractivity contribution is 5.88. The average molecular weight is 406 g/mol. The number of hydrogen-bond acceptors (Lipinski definition) is 5. The summed E-state index contributed by atoms with van der Waals surface area (Å²) in [6, 6.07) is 11.1. The molecular formula is C20H17F3N2O4. The number of ether oxygens (including phenoxy) is 1. The summed E-state index contributed by atoms with van der Waals surface area (Å²) in [7, 11) is 1.15. The molecule has 1 atom stereocenters. The highest BCUT2D eigenvalue weighted by atomic mass is 19.4. The number of methoxy groups -OCH3 is 1. The van der Waals surface area contributed by atoms with Crippen LogP contribution in [0.25, 0.3) is 22.0 Å². The molecule has 0 bridgehead atoms. The van der Waals surface area contributed by atoms with Crippen molar-refractivity contribution in [3.8, 4) is 11.3 Å². The Kier molecular flexibility index (Phi) is 5.60. The topological polar surface area (TPSA) is 91.4 Å². The van der Waals surface area contributed by atoms with Crippen molar-refractivity contribution >= 4 is 22.4 Å². The summed E-state index contributed by atoms with van der Waals surface area (Å²) in [5.41, 5.74) is -1.02. The number of aliphatic hydroxyl groups excluding tert-OH is 1. The number of fused-ring (bicyclic) bond motifs is 1. The van der Waals surface area contributed by atoms with Crippen molar-refractivity contribution in [2.24, 2.45) is 0 Å². The van der Waals surface area contributed by atoms with Crippen molar-refractivity contribution in [1.29, 1.82) is 0 Å². The Morgan fingerprint density at radius 3 is 2.62 bits per heavy atom. The Hall–Kier alpha value is -3.33. The van der Waals surface area contributed by atoms with Gasteiger partial charge in [-0.15, -0.1) is 0 Å². The normalized spacial score (nSPS) is 12.6. The van der Waals surface area contributed by atoms with E-state index >= 15 is 0 Å². The summed E-state index contributed by atoms with van der Waals surface area (Å²) < 4.78 is 44.3. The second kappa shape index (κ2) is 7.96. The van der Waals surface area contributed by atoms with E-state index < -0.39 is 29.4 Å². The fraction of sp³-hybridized carbons (Fsp3) is 0.200. The van der Waals surface area contributed by atoms with Crippen LogP contribution in [-0.2, 0) is 15.7 Å². The molecule has 9 heteroatoms. The van der Waals surface area contributed by atoms with E-state index in [9.17, 15) is 27.9 Å². The van der Waals surface area contributed by atoms with Crippen LogP contribution in [0.5, 0.6) is 0 Å². The van der Waals surface area contributed by atoms with Gasteiger partial charge in [0, 0.05) is 22.3 Å². The van der Waals surface area contributed by atoms with Crippen LogP contribution in [0.1, 0.15) is 5.56 Å². The van der Waals surface area contributed by atoms with E-state index in [1.807, 2.05) is 0 Å². The molecule has 6 nitrogen and oxygen atoms in total. The number of H-pyrrole nitrogens is 1. The predicted octanol–water partition coefficient (Wildman–Crippen LogP) is 3.16. The van der Waals surface area contributed by atoms with E-state index in [2.05, 4.69) is 15.0 Å². The maximum atomic E-state index is 13.3. The molecule has 3 aromatic rings. The minimum atomic E-state index is -4.56. The first-order chi connectivity index (χ1) is 13.7. The number of esters is 1. The number of benzene rings is 2. The number of aliphatic hydroxyl groups is 1. The van der Waals surface area contributed by atoms with Crippen LogP contribution in [0, 0.1) is 0 Å². The van der Waals surface area contributed by atoms with Gasteiger partial charge in [0.15, 0.2) is 6.10 Å². The Morgan fingerprint density at radius 2 is 1.93 bits per heavy atom. The van der Waals surface area contributed by atoms with Gasteiger partial charge in [0.1, 0.15) is 0 Å². The third-order valence-corrected chi connectivity index (χ3v) is 4.34. The lowest BCUT2D eigenvalue weighted by Crippen LogP contribution is -2.29. The molecule has 0 saturated carbocycles. The zero-order valence-electron chi connectivity index (χ0n) is 15.2. The molecule has 29 heavy (non-hydrogen) atoms. The van der Waals surface area contributed by atoms with E-state index in [1.54, 1.807) is 12.1 Å². The fourth-order valence-electron chi connectivity index (χ4n) is 2.91. The molecule has 0 aliphatic heterocycles. The van der Waals surface area contributed by atoms with Gasteiger partial charge in [-0.3, -0.25) is 4.79 Å². The minimum Gasteiger partial charge on any atom is -0.467 e. The molecule has 2 aromatic carbocycles. The Labute approximate surface area is 162 Å². The smallest absolute Gasteiger partial charge is 0.417 e. The fourth-order valence-corrected chi connectivity index (χ4v) is 2.91. The van der Waals surface area contributed by atoms with Crippen LogP contribution in [0.3, 0.4) is 0 Å². The van der Waals surface area contributed by atoms with Crippen molar-refractivity contribution in [2.75, 3.05) is 19.0 Å². The van der Waals surface area contributed by atoms with Crippen molar-refractivity contribution in [1.82, 2.24) is 4.98 Å². The summed E-state index contributed by atoms with van der Waals surface area (Å²) in [4.78, 5) is 26.2. The van der Waals surface area contributed by atoms with Crippen LogP contribution in [-0.4, -0.2) is 35.8 Å². The van der Waals surface area contributed by atoms with Crippen LogP contribution >= 0.6 is 0 Å². The first kappa shape index (κ1) is 20.4. The number of carbonyl (C=O) groups is 1. The average Bonchev–Trinajstić information content (AvgIpc) is 2.70. The standard InChI is InChI=1S/C20H17F3N2O4/c1-29-19(28)17(26)10-24-12-7-6-11-8-16(25-18(27)14(11)9-12)13-4-2-3-5-15(13)20(21,22)23/h2-9,17,24,26H,10H2,1H3,(H,25,27). The third-order valence-electron chi connectivity index (χ3n) is 4.34. The predicted molar refractivity (Wildman–Crippen MR) is 102 cm³/mol. The zero-order valence-corrected chi connectivity index (χ0v) is 15.2. The number of anilines is 1. The van der Waals surface area contributed by atoms with Gasteiger partial charge in [0.2, 0.25) is 0 Å². The van der Waals surface area contributed by atoms with Gasteiger partial charge < -0.3 is 20.1 Å². The maximum absolute atomic E-state index is 13.3. The number of carbonyl (C=O) groups excluding carboxylic acids is 1. The maximum Gasteiger partial charge on any atom is 0.417 e. The molecule has 0 aliphatic rings. The lowest BCUT2D eigenvalue weighted by molar-refractivity contribution is -0.149. The Bertz CT molecular complexity index is 1110. The second-order valence-electron chi connectivity index (χ2n) is 6.28. The molecule has 0 radical (unpaired) electrons. The molecule has 3 N–H and O–H groups in total. The van der Waals surface area contributed by atoms with Crippen LogP contribution in [0.4, 0.5) is 18.9 Å². The van der Waals surface area contributed by atoms with E-state index in [0.29, 0.717) is 11.1 Å². The summed E-state index contributed by atoms with van der Waals surface area (Å²) >= 11 is 0. The number of halogens is 3. The van der Waals surface area contributed by atoms with Crippen LogP contribution in [0.15, 0.2) is 53.3 Å². The van der Waals surface area contributed by atoms with Crippen molar-refractivity contribution in [2.45, 2.75) is 12.3 Å². The van der Waals surface area contributed by atoms with Gasteiger partial charge in [0.25, 0.3) is 5.56 Å². The number of nitrogens with one attached hydrogen (secondary N) is 2. The largest absolute Gasteiger partial charge is 0.467 e. The lowest BCUT2D eigenvalue weighted by atomic mass is 10.0. The molecule has 0 fully saturated rings. The number of rotatable bonds is 5. The lowest BCUT2D eigenvalue weighted by Gasteiger charge is -2.14. The SMILES string of the molecule is COC(=O)C(O)CNc1ccc2cc(-c3ccccc3C(F)(F)F)[nH]c(=O)c2c1. The first-order valence-corrected chi connectivity index (χ1v) is 8.54. The van der Waals surface area contributed by atoms with E-state index in [-0.39, 0.29) is 23.2 Å². The highest BCUT2D eigenvalue weighted by Gasteiger charge is 2.33. The molecule has 1 aromatic heterocycles. The monoisotopic (exact) mass is 406 g/mol. The van der Waals surface area contributed by atoms with Crippen molar-refractivity contribution in [3.63, 3.8) is 0 Å². The zero-order chi connectivity index (χ0) is 21.2. The van der Waals surface area contributed by atoms with Gasteiger partial charge in [0.05, 0.1) is 19.2 Å². The van der Waals surface area contributed by atoms with Gasteiger partial charge in [-0.25, -0.2) is 4.79 Å². The van der Waals surface area contributed by atoms with Crippen LogP contribution in [0.2, 0.25) is 0 Å². The number of hydrogen-bond donors (Lipinski definition) is 3. The molecule has 0 amide bonds. The summed E-state index contributed by atoms with van der Waals surface area (Å²) in [5, 5.41) is 13.1. The van der Waals surface area contributed by atoms with Crippen molar-refractivity contribution < 1.29 is 27.8 Å². The molecule has 0 saturated heterocycles. The van der Waals surface area contributed by atoms with E-state index in [1.165, 1.54) is 30.3 Å². The number of pyridine rings is 1. The Balaban J connectivity index is 1.96. The van der Waals surface area contributed by atoms with Gasteiger partial charge in [-0.1, -0.05) is 24.3 Å². The van der Waals surface area contributed by atoms with E-state index in [4.69, 9.17) is 0 Å². The third kappa shape index (κ3) is 4.40. The van der Waals surface area contributed by atoms with Crippen molar-refractivity contribution in [3.05, 3.63) is 64.4 Å². The molecule has 152 valence electrons. The molecule has 1 unspecified atom stereocenters. The second-order valence-corrected chi connectivity index (χ2v) is 6.28.